The molecule has 5 nitrogen and oxygen atoms in total. The lowest BCUT2D eigenvalue weighted by molar-refractivity contribution is -0.141. The molecule has 0 aliphatic carbocycles. The van der Waals surface area contributed by atoms with E-state index in [1.165, 1.54) is 0 Å². The summed E-state index contributed by atoms with van der Waals surface area (Å²) in [6.07, 6.45) is 0. The molecule has 8 heteroatoms. The van der Waals surface area contributed by atoms with Gasteiger partial charge in [0.2, 0.25) is 0 Å². The van der Waals surface area contributed by atoms with Gasteiger partial charge in [-0.05, 0) is 19.1 Å². The summed E-state index contributed by atoms with van der Waals surface area (Å²) in [4.78, 5) is 25.2. The van der Waals surface area contributed by atoms with Gasteiger partial charge in [0.15, 0.2) is 0 Å². The van der Waals surface area contributed by atoms with Crippen LogP contribution in [0.3, 0.4) is 0 Å². The number of halogens is 2. The Labute approximate surface area is 143 Å². The van der Waals surface area contributed by atoms with E-state index in [0.717, 1.165) is 11.3 Å². The van der Waals surface area contributed by atoms with Crippen LogP contribution in [-0.4, -0.2) is 42.3 Å². The highest BCUT2D eigenvalue weighted by molar-refractivity contribution is 7.99. The largest absolute Gasteiger partial charge is 0.465 e. The number of nitrogens with one attached hydrogen (secondary N) is 1. The van der Waals surface area contributed by atoms with Crippen LogP contribution in [0.15, 0.2) is 18.2 Å². The van der Waals surface area contributed by atoms with E-state index in [2.05, 4.69) is 5.32 Å². The average molecular weight is 363 g/mol. The number of amides is 2. The third kappa shape index (κ3) is 4.21. The van der Waals surface area contributed by atoms with Crippen LogP contribution in [0.1, 0.15) is 17.9 Å². The van der Waals surface area contributed by atoms with Gasteiger partial charge in [0, 0.05) is 27.9 Å². The zero-order chi connectivity index (χ0) is 16.1. The first kappa shape index (κ1) is 17.2. The minimum atomic E-state index is -0.455. The summed E-state index contributed by atoms with van der Waals surface area (Å²) in [6, 6.07) is 4.91. The third-order valence-corrected chi connectivity index (χ3v) is 4.87. The Morgan fingerprint density at radius 2 is 2.23 bits per heavy atom. The van der Waals surface area contributed by atoms with Gasteiger partial charge in [-0.1, -0.05) is 29.3 Å². The van der Waals surface area contributed by atoms with Crippen LogP contribution in [0.5, 0.6) is 0 Å². The van der Waals surface area contributed by atoms with Crippen molar-refractivity contribution in [1.82, 2.24) is 10.2 Å². The van der Waals surface area contributed by atoms with E-state index < -0.39 is 5.97 Å². The van der Waals surface area contributed by atoms with E-state index in [9.17, 15) is 9.59 Å². The number of carbonyl (C=O) groups excluding carboxylic acids is 2. The normalized spacial score (nSPS) is 17.4. The molecule has 2 amide bonds. The predicted molar refractivity (Wildman–Crippen MR) is 88.4 cm³/mol. The standard InChI is InChI=1S/C14H16Cl2N2O3S/c1-2-21-12(19)8-17-14(20)18-5-6-22-13(18)10-4-3-9(15)7-11(10)16/h3-4,7,13H,2,5-6,8H2,1H3,(H,17,20)/t13-/m1/s1. The summed E-state index contributed by atoms with van der Waals surface area (Å²) in [5, 5.41) is 3.46. The fourth-order valence-corrected chi connectivity index (χ4v) is 3.97. The molecule has 1 aromatic rings. The second-order valence-electron chi connectivity index (χ2n) is 4.55. The van der Waals surface area contributed by atoms with Crippen LogP contribution in [-0.2, 0) is 9.53 Å². The van der Waals surface area contributed by atoms with Gasteiger partial charge in [-0.25, -0.2) is 4.79 Å². The third-order valence-electron chi connectivity index (χ3n) is 3.07. The molecule has 1 heterocycles. The zero-order valence-electron chi connectivity index (χ0n) is 12.0. The highest BCUT2D eigenvalue weighted by atomic mass is 35.5. The maximum absolute atomic E-state index is 12.2. The van der Waals surface area contributed by atoms with Gasteiger partial charge in [0.1, 0.15) is 11.9 Å². The van der Waals surface area contributed by atoms with Gasteiger partial charge in [-0.2, -0.15) is 0 Å². The molecule has 1 fully saturated rings. The highest BCUT2D eigenvalue weighted by Gasteiger charge is 2.32. The van der Waals surface area contributed by atoms with E-state index in [0.29, 0.717) is 16.6 Å². The maximum Gasteiger partial charge on any atom is 0.325 e. The van der Waals surface area contributed by atoms with Crippen molar-refractivity contribution in [2.75, 3.05) is 25.4 Å². The smallest absolute Gasteiger partial charge is 0.325 e. The molecule has 0 aromatic heterocycles. The Morgan fingerprint density at radius 3 is 2.91 bits per heavy atom. The van der Waals surface area contributed by atoms with Gasteiger partial charge in [-0.3, -0.25) is 4.79 Å². The van der Waals surface area contributed by atoms with Crippen molar-refractivity contribution in [3.05, 3.63) is 33.8 Å². The van der Waals surface area contributed by atoms with Crippen LogP contribution >= 0.6 is 35.0 Å². The first-order valence-corrected chi connectivity index (χ1v) is 8.60. The number of hydrogen-bond acceptors (Lipinski definition) is 4. The summed E-state index contributed by atoms with van der Waals surface area (Å²) in [7, 11) is 0. The predicted octanol–water partition coefficient (Wildman–Crippen LogP) is 3.31. The minimum Gasteiger partial charge on any atom is -0.465 e. The fraction of sp³-hybridized carbons (Fsp3) is 0.429. The Balaban J connectivity index is 2.03. The molecule has 22 heavy (non-hydrogen) atoms. The highest BCUT2D eigenvalue weighted by Crippen LogP contribution is 2.41. The summed E-state index contributed by atoms with van der Waals surface area (Å²) in [5.74, 6) is 0.347. The molecule has 0 bridgehead atoms. The Hall–Kier alpha value is -1.11. The number of ether oxygens (including phenoxy) is 1. The number of thioether (sulfide) groups is 1. The molecule has 2 rings (SSSR count). The van der Waals surface area contributed by atoms with Crippen molar-refractivity contribution in [3.8, 4) is 0 Å². The lowest BCUT2D eigenvalue weighted by atomic mass is 10.2. The minimum absolute atomic E-state index is 0.144. The monoisotopic (exact) mass is 362 g/mol. The number of benzene rings is 1. The van der Waals surface area contributed by atoms with Crippen molar-refractivity contribution in [2.45, 2.75) is 12.3 Å². The van der Waals surface area contributed by atoms with Crippen molar-refractivity contribution >= 4 is 47.0 Å². The van der Waals surface area contributed by atoms with Crippen molar-refractivity contribution in [1.29, 1.82) is 0 Å². The van der Waals surface area contributed by atoms with Crippen molar-refractivity contribution in [2.24, 2.45) is 0 Å². The maximum atomic E-state index is 12.2. The summed E-state index contributed by atoms with van der Waals surface area (Å²) in [5.41, 5.74) is 0.833. The average Bonchev–Trinajstić information content (AvgIpc) is 2.94. The van der Waals surface area contributed by atoms with Crippen molar-refractivity contribution < 1.29 is 14.3 Å². The molecule has 1 N–H and O–H groups in total. The number of carbonyl (C=O) groups is 2. The van der Waals surface area contributed by atoms with Crippen LogP contribution in [0.25, 0.3) is 0 Å². The number of nitrogens with zero attached hydrogens (tertiary/aromatic N) is 1. The molecule has 1 saturated heterocycles. The van der Waals surface area contributed by atoms with Gasteiger partial charge in [0.05, 0.1) is 6.61 Å². The second kappa shape index (κ2) is 7.94. The molecular formula is C14H16Cl2N2O3S. The molecule has 1 aliphatic rings. The van der Waals surface area contributed by atoms with Crippen molar-refractivity contribution in [3.63, 3.8) is 0 Å². The number of rotatable bonds is 4. The number of hydrogen-bond donors (Lipinski definition) is 1. The molecule has 1 aliphatic heterocycles. The molecule has 120 valence electrons. The van der Waals surface area contributed by atoms with Crippen LogP contribution in [0.4, 0.5) is 4.79 Å². The van der Waals surface area contributed by atoms with E-state index in [-0.39, 0.29) is 24.6 Å². The Morgan fingerprint density at radius 1 is 1.45 bits per heavy atom. The van der Waals surface area contributed by atoms with Gasteiger partial charge in [0.25, 0.3) is 0 Å². The lowest BCUT2D eigenvalue weighted by Gasteiger charge is -2.25. The summed E-state index contributed by atoms with van der Waals surface area (Å²) in [6.45, 7) is 2.45. The Bertz CT molecular complexity index is 571. The molecule has 0 saturated carbocycles. The number of urea groups is 1. The van der Waals surface area contributed by atoms with E-state index in [1.54, 1.807) is 35.7 Å². The molecule has 1 atom stereocenters. The zero-order valence-corrected chi connectivity index (χ0v) is 14.3. The van der Waals surface area contributed by atoms with Crippen LogP contribution < -0.4 is 5.32 Å². The molecule has 0 spiro atoms. The van der Waals surface area contributed by atoms with Gasteiger partial charge >= 0.3 is 12.0 Å². The van der Waals surface area contributed by atoms with Gasteiger partial charge in [-0.15, -0.1) is 11.8 Å². The SMILES string of the molecule is CCOC(=O)CNC(=O)N1CCS[C@@H]1c1ccc(Cl)cc1Cl. The fourth-order valence-electron chi connectivity index (χ4n) is 2.10. The Kier molecular flexibility index (Phi) is 6.23. The molecular weight excluding hydrogens is 347 g/mol. The molecule has 1 aromatic carbocycles. The van der Waals surface area contributed by atoms with Crippen LogP contribution in [0.2, 0.25) is 10.0 Å². The van der Waals surface area contributed by atoms with Gasteiger partial charge < -0.3 is 15.0 Å². The molecule has 0 radical (unpaired) electrons. The van der Waals surface area contributed by atoms with E-state index >= 15 is 0 Å². The topological polar surface area (TPSA) is 58.6 Å². The van der Waals surface area contributed by atoms with E-state index in [1.807, 2.05) is 6.07 Å². The first-order chi connectivity index (χ1) is 10.5. The summed E-state index contributed by atoms with van der Waals surface area (Å²) < 4.78 is 4.79. The van der Waals surface area contributed by atoms with E-state index in [4.69, 9.17) is 27.9 Å². The second-order valence-corrected chi connectivity index (χ2v) is 6.58. The quantitative estimate of drug-likeness (QED) is 0.834. The molecule has 0 unspecified atom stereocenters. The lowest BCUT2D eigenvalue weighted by Crippen LogP contribution is -2.42. The number of esters is 1. The van der Waals surface area contributed by atoms with Crippen LogP contribution in [0, 0.1) is 0 Å². The summed E-state index contributed by atoms with van der Waals surface area (Å²) >= 11 is 13.7. The first-order valence-electron chi connectivity index (χ1n) is 6.79.